The average molecular weight is 687 g/mol. The third kappa shape index (κ3) is 4.51. The van der Waals surface area contributed by atoms with Crippen LogP contribution >= 0.6 is 38.5 Å². The van der Waals surface area contributed by atoms with Crippen LogP contribution in [0.5, 0.6) is 5.75 Å². The van der Waals surface area contributed by atoms with Crippen molar-refractivity contribution in [3.63, 3.8) is 0 Å². The van der Waals surface area contributed by atoms with Gasteiger partial charge in [0.2, 0.25) is 0 Å². The second kappa shape index (κ2) is 10.3. The number of nitrogens with zero attached hydrogens (tertiary/aromatic N) is 1. The molecule has 0 amide bonds. The van der Waals surface area contributed by atoms with Gasteiger partial charge in [0.25, 0.3) is 5.69 Å². The van der Waals surface area contributed by atoms with E-state index in [0.717, 1.165) is 14.7 Å². The van der Waals surface area contributed by atoms with Gasteiger partial charge in [0, 0.05) is 40.4 Å². The molecule has 3 aromatic carbocycles. The Morgan fingerprint density at radius 2 is 1.87 bits per heavy atom. The Morgan fingerprint density at radius 3 is 2.55 bits per heavy atom. The molecular weight excluding hydrogens is 667 g/mol. The monoisotopic (exact) mass is 686 g/mol. The quantitative estimate of drug-likeness (QED) is 0.141. The molecular formula is C28H20BrIN2O6. The molecule has 10 heteroatoms. The zero-order valence-electron chi connectivity index (χ0n) is 20.2. The maximum Gasteiger partial charge on any atom is 0.336 e. The summed E-state index contributed by atoms with van der Waals surface area (Å²) in [5.41, 5.74) is 4.90. The van der Waals surface area contributed by atoms with Crippen molar-refractivity contribution in [3.05, 3.63) is 118 Å². The van der Waals surface area contributed by atoms with Crippen LogP contribution in [0.25, 0.3) is 5.70 Å². The van der Waals surface area contributed by atoms with E-state index < -0.39 is 16.8 Å². The van der Waals surface area contributed by atoms with E-state index in [4.69, 9.17) is 9.47 Å². The van der Waals surface area contributed by atoms with Crippen LogP contribution in [0.4, 0.5) is 5.69 Å². The van der Waals surface area contributed by atoms with E-state index in [2.05, 4.69) is 43.8 Å². The minimum Gasteiger partial charge on any atom is -0.487 e. The van der Waals surface area contributed by atoms with Gasteiger partial charge in [-0.05, 0) is 68.7 Å². The van der Waals surface area contributed by atoms with E-state index in [9.17, 15) is 19.7 Å². The van der Waals surface area contributed by atoms with Crippen molar-refractivity contribution in [2.75, 3.05) is 7.11 Å². The molecule has 0 saturated carbocycles. The van der Waals surface area contributed by atoms with Crippen LogP contribution in [-0.2, 0) is 16.1 Å². The Labute approximate surface area is 240 Å². The second-order valence-electron chi connectivity index (χ2n) is 8.78. The molecule has 1 atom stereocenters. The number of halogens is 2. The molecule has 192 valence electrons. The fraction of sp³-hybridized carbons (Fsp3) is 0.143. The normalized spacial score (nSPS) is 16.1. The molecule has 0 radical (unpaired) electrons. The van der Waals surface area contributed by atoms with Crippen LogP contribution in [0.1, 0.15) is 39.9 Å². The Morgan fingerprint density at radius 1 is 1.13 bits per heavy atom. The van der Waals surface area contributed by atoms with E-state index in [-0.39, 0.29) is 18.1 Å². The smallest absolute Gasteiger partial charge is 0.336 e. The number of nitro benzene ring substituents is 1. The summed E-state index contributed by atoms with van der Waals surface area (Å²) in [5.74, 6) is -0.772. The molecule has 0 saturated heterocycles. The number of esters is 1. The number of nitro groups is 1. The molecule has 1 aliphatic carbocycles. The zero-order chi connectivity index (χ0) is 27.1. The minimum atomic E-state index is -0.658. The van der Waals surface area contributed by atoms with E-state index in [1.807, 2.05) is 30.3 Å². The van der Waals surface area contributed by atoms with Gasteiger partial charge < -0.3 is 14.8 Å². The van der Waals surface area contributed by atoms with Gasteiger partial charge in [0.05, 0.1) is 31.3 Å². The first-order valence-corrected chi connectivity index (χ1v) is 13.4. The lowest BCUT2D eigenvalue weighted by Crippen LogP contribution is -2.29. The number of ketones is 1. The van der Waals surface area contributed by atoms with E-state index in [1.165, 1.54) is 19.2 Å². The number of hydrogen-bond acceptors (Lipinski definition) is 7. The number of allylic oxidation sites excluding steroid dienone is 2. The van der Waals surface area contributed by atoms with E-state index in [1.54, 1.807) is 25.1 Å². The average Bonchev–Trinajstić information content (AvgIpc) is 3.18. The number of ether oxygens (including phenoxy) is 2. The third-order valence-electron chi connectivity index (χ3n) is 6.51. The van der Waals surface area contributed by atoms with Gasteiger partial charge in [0.15, 0.2) is 5.78 Å². The van der Waals surface area contributed by atoms with Crippen LogP contribution in [0.2, 0.25) is 0 Å². The number of methoxy groups -OCH3 is 1. The van der Waals surface area contributed by atoms with Crippen molar-refractivity contribution in [1.29, 1.82) is 0 Å². The topological polar surface area (TPSA) is 108 Å². The van der Waals surface area contributed by atoms with Gasteiger partial charge in [-0.25, -0.2) is 4.79 Å². The molecule has 0 spiro atoms. The summed E-state index contributed by atoms with van der Waals surface area (Å²) in [6.45, 7) is 1.92. The van der Waals surface area contributed by atoms with Crippen LogP contribution in [-0.4, -0.2) is 23.8 Å². The highest BCUT2D eigenvalue weighted by Crippen LogP contribution is 2.48. The van der Waals surface area contributed by atoms with Crippen molar-refractivity contribution in [2.24, 2.45) is 0 Å². The molecule has 0 aromatic heterocycles. The number of hydrogen-bond donors (Lipinski definition) is 1. The fourth-order valence-corrected chi connectivity index (χ4v) is 6.61. The summed E-state index contributed by atoms with van der Waals surface area (Å²) in [4.78, 5) is 37.2. The SMILES string of the molecule is COC(=O)C1=C(C)NC2=C(C(=O)c3ccccc32)[C@H]1c1cc(Br)c(OCc2cccc([N+](=O)[O-])c2)c(I)c1. The maximum absolute atomic E-state index is 13.6. The molecule has 2 aliphatic rings. The lowest BCUT2D eigenvalue weighted by atomic mass is 9.80. The van der Waals surface area contributed by atoms with Crippen LogP contribution in [0, 0.1) is 13.7 Å². The molecule has 0 bridgehead atoms. The van der Waals surface area contributed by atoms with Crippen LogP contribution in [0.3, 0.4) is 0 Å². The number of dihydropyridines is 1. The van der Waals surface area contributed by atoms with Gasteiger partial charge in [-0.3, -0.25) is 14.9 Å². The molecule has 1 N–H and O–H groups in total. The Hall–Kier alpha value is -3.51. The van der Waals surface area contributed by atoms with Crippen molar-refractivity contribution >= 4 is 61.7 Å². The number of benzene rings is 3. The highest BCUT2D eigenvalue weighted by molar-refractivity contribution is 14.1. The first-order chi connectivity index (χ1) is 18.2. The summed E-state index contributed by atoms with van der Waals surface area (Å²) >= 11 is 5.73. The first-order valence-electron chi connectivity index (χ1n) is 11.5. The summed E-state index contributed by atoms with van der Waals surface area (Å²) < 4.78 is 12.5. The molecule has 3 aromatic rings. The van der Waals surface area contributed by atoms with Crippen LogP contribution < -0.4 is 10.1 Å². The Kier molecular flexibility index (Phi) is 7.10. The van der Waals surface area contributed by atoms with E-state index >= 15 is 0 Å². The summed E-state index contributed by atoms with van der Waals surface area (Å²) in [5, 5.41) is 14.4. The van der Waals surface area contributed by atoms with Crippen molar-refractivity contribution in [1.82, 2.24) is 5.32 Å². The van der Waals surface area contributed by atoms with Gasteiger partial charge in [0.1, 0.15) is 12.4 Å². The number of non-ortho nitro benzene ring substituents is 1. The third-order valence-corrected chi connectivity index (χ3v) is 7.90. The highest BCUT2D eigenvalue weighted by atomic mass is 127. The predicted octanol–water partition coefficient (Wildman–Crippen LogP) is 6.28. The lowest BCUT2D eigenvalue weighted by Gasteiger charge is -2.29. The second-order valence-corrected chi connectivity index (χ2v) is 10.8. The minimum absolute atomic E-state index is 0.00933. The summed E-state index contributed by atoms with van der Waals surface area (Å²) in [6.07, 6.45) is 0. The molecule has 0 fully saturated rings. The molecule has 5 rings (SSSR count). The summed E-state index contributed by atoms with van der Waals surface area (Å²) in [7, 11) is 1.32. The molecule has 1 heterocycles. The number of rotatable bonds is 6. The van der Waals surface area contributed by atoms with Gasteiger partial charge in [-0.1, -0.05) is 36.4 Å². The highest BCUT2D eigenvalue weighted by Gasteiger charge is 2.43. The predicted molar refractivity (Wildman–Crippen MR) is 153 cm³/mol. The van der Waals surface area contributed by atoms with Crippen molar-refractivity contribution in [2.45, 2.75) is 19.4 Å². The molecule has 8 nitrogen and oxygen atoms in total. The number of Topliss-reactive ketones (excluding diaryl/α,β-unsaturated/α-hetero) is 1. The largest absolute Gasteiger partial charge is 0.487 e. The number of nitrogens with one attached hydrogen (secondary N) is 1. The first kappa shape index (κ1) is 26.1. The number of carbonyl (C=O) groups excluding carboxylic acids is 2. The van der Waals surface area contributed by atoms with Crippen molar-refractivity contribution in [3.8, 4) is 5.75 Å². The van der Waals surface area contributed by atoms with Crippen LogP contribution in [0.15, 0.2) is 82.0 Å². The zero-order valence-corrected chi connectivity index (χ0v) is 24.0. The van der Waals surface area contributed by atoms with Gasteiger partial charge in [-0.2, -0.15) is 0 Å². The van der Waals surface area contributed by atoms with Crippen molar-refractivity contribution < 1.29 is 24.0 Å². The Balaban J connectivity index is 1.55. The Bertz CT molecular complexity index is 1570. The standard InChI is InChI=1S/C28H20BrIN2O6/c1-14-22(28(34)37-2)23(24-25(31-14)18-8-3-4-9-19(18)26(24)33)16-11-20(29)27(21(30)12-16)38-13-15-6-5-7-17(10-15)32(35)36/h3-12,23,31H,13H2,1-2H3/t23-/m0/s1. The number of carbonyl (C=O) groups is 2. The fourth-order valence-electron chi connectivity index (χ4n) is 4.84. The summed E-state index contributed by atoms with van der Waals surface area (Å²) in [6, 6.07) is 17.3. The molecule has 0 unspecified atom stereocenters. The van der Waals surface area contributed by atoms with Gasteiger partial charge in [-0.15, -0.1) is 0 Å². The maximum atomic E-state index is 13.6. The molecule has 38 heavy (non-hydrogen) atoms. The van der Waals surface area contributed by atoms with Gasteiger partial charge >= 0.3 is 5.97 Å². The number of fused-ring (bicyclic) bond motifs is 2. The lowest BCUT2D eigenvalue weighted by molar-refractivity contribution is -0.384. The van der Waals surface area contributed by atoms with E-state index in [0.29, 0.717) is 43.9 Å². The molecule has 1 aliphatic heterocycles.